The third kappa shape index (κ3) is 8.00. The Morgan fingerprint density at radius 1 is 1.15 bits per heavy atom. The van der Waals surface area contributed by atoms with Gasteiger partial charge in [-0.2, -0.15) is 13.2 Å². The Labute approximate surface area is 234 Å². The number of aromatic nitrogens is 2. The molecule has 12 heteroatoms. The third-order valence-corrected chi connectivity index (χ3v) is 6.46. The normalized spacial score (nSPS) is 13.9. The fourth-order valence-corrected chi connectivity index (χ4v) is 4.31. The van der Waals surface area contributed by atoms with Crippen LogP contribution in [0.25, 0.3) is 11.4 Å². The molecule has 210 valence electrons. The van der Waals surface area contributed by atoms with Crippen LogP contribution in [0.3, 0.4) is 0 Å². The second kappa shape index (κ2) is 12.9. The number of ether oxygens (including phenoxy) is 1. The SMILES string of the molecule is CC(=O)N1CCN(CCCOc2ccc(-c3ncc(C(F)(F)F)[nH]3)cc2NC(=O)C#Cc2cccc(Cl)c2)CC1. The molecule has 0 radical (unpaired) electrons. The highest BCUT2D eigenvalue weighted by Crippen LogP contribution is 2.33. The summed E-state index contributed by atoms with van der Waals surface area (Å²) in [4.78, 5) is 34.3. The zero-order valence-electron chi connectivity index (χ0n) is 21.6. The standard InChI is InChI=1S/C28H27ClF3N5O3/c1-19(38)37-13-11-36(12-14-37)10-3-15-40-24-8-7-21(27-33-18-25(35-27)28(30,31)32)17-23(24)34-26(39)9-6-20-4-2-5-22(29)16-20/h2,4-5,7-8,16-18H,3,10-15H2,1H3,(H,33,35)(H,34,39). The van der Waals surface area contributed by atoms with Crippen LogP contribution in [0, 0.1) is 11.8 Å². The molecule has 2 heterocycles. The van der Waals surface area contributed by atoms with Gasteiger partial charge in [-0.15, -0.1) is 0 Å². The number of amides is 2. The van der Waals surface area contributed by atoms with Gasteiger partial charge in [0.1, 0.15) is 17.3 Å². The van der Waals surface area contributed by atoms with Crippen molar-refractivity contribution >= 4 is 29.1 Å². The molecule has 0 aliphatic carbocycles. The maximum Gasteiger partial charge on any atom is 0.432 e. The average Bonchev–Trinajstić information content (AvgIpc) is 3.42. The highest BCUT2D eigenvalue weighted by Gasteiger charge is 2.33. The van der Waals surface area contributed by atoms with Gasteiger partial charge < -0.3 is 19.9 Å². The van der Waals surface area contributed by atoms with Crippen LogP contribution in [0.1, 0.15) is 24.6 Å². The van der Waals surface area contributed by atoms with Crippen LogP contribution in [-0.2, 0) is 15.8 Å². The van der Waals surface area contributed by atoms with Crippen molar-refractivity contribution in [2.75, 3.05) is 44.6 Å². The number of H-pyrrole nitrogens is 1. The molecule has 4 rings (SSSR count). The molecule has 1 aromatic heterocycles. The summed E-state index contributed by atoms with van der Waals surface area (Å²) in [6, 6.07) is 11.3. The molecule has 2 aromatic carbocycles. The van der Waals surface area contributed by atoms with Gasteiger partial charge in [0, 0.05) is 61.7 Å². The Morgan fingerprint density at radius 2 is 1.93 bits per heavy atom. The lowest BCUT2D eigenvalue weighted by Gasteiger charge is -2.34. The second-order valence-corrected chi connectivity index (χ2v) is 9.55. The first-order valence-electron chi connectivity index (χ1n) is 12.5. The number of benzene rings is 2. The lowest BCUT2D eigenvalue weighted by Crippen LogP contribution is -2.48. The molecule has 0 unspecified atom stereocenters. The van der Waals surface area contributed by atoms with Crippen molar-refractivity contribution in [3.8, 4) is 29.0 Å². The number of nitrogens with zero attached hydrogens (tertiary/aromatic N) is 3. The number of rotatable bonds is 7. The summed E-state index contributed by atoms with van der Waals surface area (Å²) < 4.78 is 45.1. The first kappa shape index (κ1) is 29.0. The predicted molar refractivity (Wildman–Crippen MR) is 145 cm³/mol. The minimum absolute atomic E-state index is 0.0101. The van der Waals surface area contributed by atoms with E-state index in [1.165, 1.54) is 6.07 Å². The summed E-state index contributed by atoms with van der Waals surface area (Å²) in [5, 5.41) is 3.15. The smallest absolute Gasteiger partial charge is 0.432 e. The molecule has 2 amide bonds. The van der Waals surface area contributed by atoms with Gasteiger partial charge in [0.2, 0.25) is 5.91 Å². The molecule has 1 aliphatic heterocycles. The van der Waals surface area contributed by atoms with Gasteiger partial charge in [0.25, 0.3) is 0 Å². The molecule has 0 atom stereocenters. The zero-order valence-corrected chi connectivity index (χ0v) is 22.4. The molecule has 0 saturated carbocycles. The van der Waals surface area contributed by atoms with E-state index in [0.717, 1.165) is 19.6 Å². The van der Waals surface area contributed by atoms with E-state index in [1.807, 2.05) is 4.90 Å². The van der Waals surface area contributed by atoms with Gasteiger partial charge in [-0.25, -0.2) is 4.98 Å². The number of piperazine rings is 1. The van der Waals surface area contributed by atoms with Crippen molar-refractivity contribution in [2.45, 2.75) is 19.5 Å². The number of carbonyl (C=O) groups is 2. The number of alkyl halides is 3. The van der Waals surface area contributed by atoms with Crippen molar-refractivity contribution in [2.24, 2.45) is 0 Å². The van der Waals surface area contributed by atoms with Gasteiger partial charge in [-0.3, -0.25) is 14.5 Å². The third-order valence-electron chi connectivity index (χ3n) is 6.22. The number of halogens is 4. The van der Waals surface area contributed by atoms with Crippen molar-refractivity contribution in [3.05, 3.63) is 64.9 Å². The van der Waals surface area contributed by atoms with E-state index in [1.54, 1.807) is 43.3 Å². The average molecular weight is 574 g/mol. The first-order chi connectivity index (χ1) is 19.1. The number of hydrogen-bond acceptors (Lipinski definition) is 5. The molecule has 1 fully saturated rings. The lowest BCUT2D eigenvalue weighted by atomic mass is 10.1. The monoisotopic (exact) mass is 573 g/mol. The summed E-state index contributed by atoms with van der Waals surface area (Å²) in [5.41, 5.74) is 0.129. The molecule has 1 aliphatic rings. The Kier molecular flexibility index (Phi) is 9.34. The maximum absolute atomic E-state index is 13.1. The van der Waals surface area contributed by atoms with E-state index < -0.39 is 17.8 Å². The van der Waals surface area contributed by atoms with E-state index >= 15 is 0 Å². The van der Waals surface area contributed by atoms with Gasteiger partial charge in [-0.1, -0.05) is 23.6 Å². The van der Waals surface area contributed by atoms with E-state index in [-0.39, 0.29) is 17.4 Å². The van der Waals surface area contributed by atoms with Crippen molar-refractivity contribution in [1.82, 2.24) is 19.8 Å². The number of nitrogens with one attached hydrogen (secondary N) is 2. The quantitative estimate of drug-likeness (QED) is 0.317. The van der Waals surface area contributed by atoms with Crippen LogP contribution in [-0.4, -0.2) is 70.9 Å². The van der Waals surface area contributed by atoms with Crippen LogP contribution < -0.4 is 10.1 Å². The number of hydrogen-bond donors (Lipinski definition) is 2. The summed E-state index contributed by atoms with van der Waals surface area (Å²) in [5.74, 6) is 4.98. The molecule has 3 aromatic rings. The minimum atomic E-state index is -4.57. The molecule has 2 N–H and O–H groups in total. The molecular weight excluding hydrogens is 547 g/mol. The van der Waals surface area contributed by atoms with Crippen molar-refractivity contribution < 1.29 is 27.5 Å². The number of anilines is 1. The minimum Gasteiger partial charge on any atom is -0.491 e. The highest BCUT2D eigenvalue weighted by molar-refractivity contribution is 6.30. The fraction of sp³-hybridized carbons (Fsp3) is 0.321. The number of carbonyl (C=O) groups excluding carboxylic acids is 2. The largest absolute Gasteiger partial charge is 0.491 e. The topological polar surface area (TPSA) is 90.6 Å². The summed E-state index contributed by atoms with van der Waals surface area (Å²) in [6.07, 6.45) is -3.17. The Bertz CT molecular complexity index is 1420. The van der Waals surface area contributed by atoms with Crippen LogP contribution in [0.4, 0.5) is 18.9 Å². The number of aromatic amines is 1. The molecule has 0 bridgehead atoms. The van der Waals surface area contributed by atoms with Gasteiger partial charge in [-0.05, 0) is 42.8 Å². The second-order valence-electron chi connectivity index (χ2n) is 9.12. The molecule has 0 spiro atoms. The van der Waals surface area contributed by atoms with Crippen LogP contribution >= 0.6 is 11.6 Å². The highest BCUT2D eigenvalue weighted by atomic mass is 35.5. The Morgan fingerprint density at radius 3 is 2.60 bits per heavy atom. The summed E-state index contributed by atoms with van der Waals surface area (Å²) in [6.45, 7) is 5.61. The number of imidazole rings is 1. The fourth-order valence-electron chi connectivity index (χ4n) is 4.12. The Hall–Kier alpha value is -4.01. The predicted octanol–water partition coefficient (Wildman–Crippen LogP) is 4.67. The summed E-state index contributed by atoms with van der Waals surface area (Å²) >= 11 is 5.96. The van der Waals surface area contributed by atoms with Crippen LogP contribution in [0.5, 0.6) is 5.75 Å². The maximum atomic E-state index is 13.1. The van der Waals surface area contributed by atoms with E-state index in [2.05, 4.69) is 32.0 Å². The van der Waals surface area contributed by atoms with Crippen LogP contribution in [0.2, 0.25) is 5.02 Å². The molecular formula is C28H27ClF3N5O3. The van der Waals surface area contributed by atoms with E-state index in [9.17, 15) is 22.8 Å². The summed E-state index contributed by atoms with van der Waals surface area (Å²) in [7, 11) is 0. The van der Waals surface area contributed by atoms with E-state index in [0.29, 0.717) is 54.2 Å². The van der Waals surface area contributed by atoms with Gasteiger partial charge in [0.15, 0.2) is 0 Å². The van der Waals surface area contributed by atoms with E-state index in [4.69, 9.17) is 16.3 Å². The molecule has 40 heavy (non-hydrogen) atoms. The van der Waals surface area contributed by atoms with Crippen LogP contribution in [0.15, 0.2) is 48.7 Å². The molecule has 1 saturated heterocycles. The zero-order chi connectivity index (χ0) is 28.7. The van der Waals surface area contributed by atoms with Gasteiger partial charge in [0.05, 0.1) is 18.5 Å². The van der Waals surface area contributed by atoms with Crippen molar-refractivity contribution in [3.63, 3.8) is 0 Å². The lowest BCUT2D eigenvalue weighted by molar-refractivity contribution is -0.140. The van der Waals surface area contributed by atoms with Crippen molar-refractivity contribution in [1.29, 1.82) is 0 Å². The van der Waals surface area contributed by atoms with Gasteiger partial charge >= 0.3 is 12.1 Å². The molecule has 8 nitrogen and oxygen atoms in total. The Balaban J connectivity index is 1.45. The first-order valence-corrected chi connectivity index (χ1v) is 12.9.